The van der Waals surface area contributed by atoms with E-state index in [9.17, 15) is 9.18 Å². The Balaban J connectivity index is 2.44. The number of hydrogen-bond donors (Lipinski definition) is 2. The van der Waals surface area contributed by atoms with Gasteiger partial charge in [0.15, 0.2) is 0 Å². The minimum absolute atomic E-state index is 0.154. The monoisotopic (exact) mass is 240 g/mol. The van der Waals surface area contributed by atoms with Gasteiger partial charge in [0.05, 0.1) is 12.6 Å². The number of nitrogens with one attached hydrogen (secondary N) is 1. The van der Waals surface area contributed by atoms with E-state index in [2.05, 4.69) is 5.32 Å². The molecule has 0 aliphatic carbocycles. The molecular weight excluding hydrogens is 223 g/mol. The molecule has 1 aromatic carbocycles. The van der Waals surface area contributed by atoms with Gasteiger partial charge in [0, 0.05) is 12.2 Å². The van der Waals surface area contributed by atoms with Crippen LogP contribution in [-0.2, 0) is 4.79 Å². The fourth-order valence-corrected chi connectivity index (χ4v) is 1.53. The summed E-state index contributed by atoms with van der Waals surface area (Å²) in [6.45, 7) is 2.22. The van der Waals surface area contributed by atoms with Gasteiger partial charge < -0.3 is 10.4 Å². The van der Waals surface area contributed by atoms with E-state index in [-0.39, 0.29) is 18.3 Å². The zero-order chi connectivity index (χ0) is 12.8. The van der Waals surface area contributed by atoms with E-state index < -0.39 is 6.10 Å². The van der Waals surface area contributed by atoms with Crippen LogP contribution < -0.4 is 5.32 Å². The Hall–Kier alpha value is -1.46. The number of hydrogen-bond acceptors (Lipinski definition) is 3. The first-order chi connectivity index (χ1) is 7.97. The van der Waals surface area contributed by atoms with E-state index in [0.29, 0.717) is 12.2 Å². The molecule has 0 saturated carbocycles. The smallest absolute Gasteiger partial charge is 0.238 e. The highest BCUT2D eigenvalue weighted by atomic mass is 19.1. The summed E-state index contributed by atoms with van der Waals surface area (Å²) in [5.74, 6) is -0.626. The molecule has 0 aliphatic rings. The van der Waals surface area contributed by atoms with E-state index in [1.54, 1.807) is 24.9 Å². The molecule has 4 nitrogen and oxygen atoms in total. The number of nitrogens with zero attached hydrogens (tertiary/aromatic N) is 1. The van der Waals surface area contributed by atoms with E-state index in [0.717, 1.165) is 0 Å². The van der Waals surface area contributed by atoms with Gasteiger partial charge in [0.25, 0.3) is 0 Å². The molecule has 1 unspecified atom stereocenters. The first kappa shape index (κ1) is 13.6. The first-order valence-corrected chi connectivity index (χ1v) is 5.39. The standard InChI is InChI=1S/C12H17FN2O2/c1-9(16)7-15(2)8-12(17)14-11-5-3-4-10(13)6-11/h3-6,9,16H,7-8H2,1-2H3,(H,14,17). The summed E-state index contributed by atoms with van der Waals surface area (Å²) in [4.78, 5) is 13.3. The summed E-state index contributed by atoms with van der Waals surface area (Å²) in [6, 6.07) is 5.72. The molecule has 1 atom stereocenters. The van der Waals surface area contributed by atoms with Crippen molar-refractivity contribution in [1.82, 2.24) is 4.90 Å². The lowest BCUT2D eigenvalue weighted by Crippen LogP contribution is -2.34. The van der Waals surface area contributed by atoms with Crippen molar-refractivity contribution in [3.63, 3.8) is 0 Å². The Kier molecular flexibility index (Phi) is 5.06. The molecule has 1 amide bonds. The average Bonchev–Trinajstić information content (AvgIpc) is 2.14. The van der Waals surface area contributed by atoms with E-state index >= 15 is 0 Å². The molecule has 0 saturated heterocycles. The summed E-state index contributed by atoms with van der Waals surface area (Å²) in [5, 5.41) is 11.7. The van der Waals surface area contributed by atoms with Gasteiger partial charge in [-0.1, -0.05) is 6.07 Å². The van der Waals surface area contributed by atoms with Crippen LogP contribution in [0, 0.1) is 5.82 Å². The summed E-state index contributed by atoms with van der Waals surface area (Å²) < 4.78 is 12.9. The number of benzene rings is 1. The molecule has 94 valence electrons. The summed E-state index contributed by atoms with van der Waals surface area (Å²) in [5.41, 5.74) is 0.431. The minimum atomic E-state index is -0.484. The normalized spacial score (nSPS) is 12.5. The van der Waals surface area contributed by atoms with Crippen molar-refractivity contribution in [2.45, 2.75) is 13.0 Å². The molecule has 0 aromatic heterocycles. The highest BCUT2D eigenvalue weighted by molar-refractivity contribution is 5.92. The Morgan fingerprint density at radius 3 is 2.88 bits per heavy atom. The molecule has 5 heteroatoms. The van der Waals surface area contributed by atoms with Crippen molar-refractivity contribution in [3.05, 3.63) is 30.1 Å². The summed E-state index contributed by atoms with van der Waals surface area (Å²) in [7, 11) is 1.73. The van der Waals surface area contributed by atoms with E-state index in [1.807, 2.05) is 0 Å². The van der Waals surface area contributed by atoms with Gasteiger partial charge in [-0.2, -0.15) is 0 Å². The van der Waals surface area contributed by atoms with E-state index in [4.69, 9.17) is 5.11 Å². The maximum Gasteiger partial charge on any atom is 0.238 e. The SMILES string of the molecule is CC(O)CN(C)CC(=O)Nc1cccc(F)c1. The Bertz CT molecular complexity index is 383. The number of likely N-dealkylation sites (N-methyl/N-ethyl adjacent to an activating group) is 1. The molecule has 0 bridgehead atoms. The lowest BCUT2D eigenvalue weighted by atomic mass is 10.3. The number of carbonyl (C=O) groups is 1. The van der Waals surface area contributed by atoms with E-state index in [1.165, 1.54) is 18.2 Å². The van der Waals surface area contributed by atoms with Crippen molar-refractivity contribution < 1.29 is 14.3 Å². The Morgan fingerprint density at radius 2 is 2.29 bits per heavy atom. The minimum Gasteiger partial charge on any atom is -0.392 e. The van der Waals surface area contributed by atoms with Gasteiger partial charge in [-0.15, -0.1) is 0 Å². The zero-order valence-electron chi connectivity index (χ0n) is 9.98. The number of carbonyl (C=O) groups excluding carboxylic acids is 1. The third-order valence-electron chi connectivity index (χ3n) is 2.10. The Morgan fingerprint density at radius 1 is 1.59 bits per heavy atom. The molecule has 1 rings (SSSR count). The number of rotatable bonds is 5. The zero-order valence-corrected chi connectivity index (χ0v) is 9.98. The number of halogens is 1. The van der Waals surface area contributed by atoms with Crippen LogP contribution in [0.25, 0.3) is 0 Å². The highest BCUT2D eigenvalue weighted by Gasteiger charge is 2.09. The molecule has 0 spiro atoms. The lowest BCUT2D eigenvalue weighted by Gasteiger charge is -2.17. The predicted molar refractivity (Wildman–Crippen MR) is 64.2 cm³/mol. The lowest BCUT2D eigenvalue weighted by molar-refractivity contribution is -0.117. The molecule has 17 heavy (non-hydrogen) atoms. The topological polar surface area (TPSA) is 52.6 Å². The number of anilines is 1. The van der Waals surface area contributed by atoms with Crippen LogP contribution in [0.3, 0.4) is 0 Å². The second kappa shape index (κ2) is 6.32. The second-order valence-electron chi connectivity index (χ2n) is 4.10. The van der Waals surface area contributed by atoms with Crippen LogP contribution in [-0.4, -0.2) is 42.2 Å². The van der Waals surface area contributed by atoms with Crippen molar-refractivity contribution in [3.8, 4) is 0 Å². The Labute approximate surface area is 100 Å². The quantitative estimate of drug-likeness (QED) is 0.809. The molecule has 0 radical (unpaired) electrons. The number of amides is 1. The van der Waals surface area contributed by atoms with Crippen LogP contribution in [0.15, 0.2) is 24.3 Å². The molecular formula is C12H17FN2O2. The van der Waals surface area contributed by atoms with Gasteiger partial charge in [-0.05, 0) is 32.2 Å². The molecule has 1 aromatic rings. The summed E-state index contributed by atoms with van der Waals surface area (Å²) >= 11 is 0. The third-order valence-corrected chi connectivity index (χ3v) is 2.10. The highest BCUT2D eigenvalue weighted by Crippen LogP contribution is 2.08. The van der Waals surface area contributed by atoms with Gasteiger partial charge >= 0.3 is 0 Å². The van der Waals surface area contributed by atoms with Crippen LogP contribution in [0.2, 0.25) is 0 Å². The van der Waals surface area contributed by atoms with Crippen LogP contribution in [0.1, 0.15) is 6.92 Å². The van der Waals surface area contributed by atoms with Crippen LogP contribution >= 0.6 is 0 Å². The van der Waals surface area contributed by atoms with Crippen molar-refractivity contribution in [2.75, 3.05) is 25.5 Å². The summed E-state index contributed by atoms with van der Waals surface area (Å²) in [6.07, 6.45) is -0.484. The van der Waals surface area contributed by atoms with Gasteiger partial charge in [-0.25, -0.2) is 4.39 Å². The molecule has 0 heterocycles. The number of aliphatic hydroxyl groups is 1. The maximum atomic E-state index is 12.9. The largest absolute Gasteiger partial charge is 0.392 e. The molecule has 0 fully saturated rings. The van der Waals surface area contributed by atoms with Crippen LogP contribution in [0.5, 0.6) is 0 Å². The van der Waals surface area contributed by atoms with Gasteiger partial charge in [-0.3, -0.25) is 9.69 Å². The van der Waals surface area contributed by atoms with Crippen molar-refractivity contribution in [2.24, 2.45) is 0 Å². The fourth-order valence-electron chi connectivity index (χ4n) is 1.53. The maximum absolute atomic E-state index is 12.9. The van der Waals surface area contributed by atoms with Crippen molar-refractivity contribution >= 4 is 11.6 Å². The van der Waals surface area contributed by atoms with Gasteiger partial charge in [0.1, 0.15) is 5.82 Å². The van der Waals surface area contributed by atoms with Crippen LogP contribution in [0.4, 0.5) is 10.1 Å². The third kappa shape index (κ3) is 5.42. The average molecular weight is 240 g/mol. The van der Waals surface area contributed by atoms with Gasteiger partial charge in [0.2, 0.25) is 5.91 Å². The molecule has 2 N–H and O–H groups in total. The predicted octanol–water partition coefficient (Wildman–Crippen LogP) is 1.08. The van der Waals surface area contributed by atoms with Crippen molar-refractivity contribution in [1.29, 1.82) is 0 Å². The number of aliphatic hydroxyl groups excluding tert-OH is 1. The first-order valence-electron chi connectivity index (χ1n) is 5.39. The molecule has 0 aliphatic heterocycles. The fraction of sp³-hybridized carbons (Fsp3) is 0.417. The second-order valence-corrected chi connectivity index (χ2v) is 4.10.